The van der Waals surface area contributed by atoms with E-state index in [0.717, 1.165) is 6.07 Å². The maximum Gasteiger partial charge on any atom is 2.00 e. The maximum absolute atomic E-state index is 12.0. The molecule has 10 heavy (non-hydrogen) atoms. The largest absolute Gasteiger partial charge is 2.00 e. The van der Waals surface area contributed by atoms with E-state index < -0.39 is 5.82 Å². The predicted octanol–water partition coefficient (Wildman–Crippen LogP) is -1.32. The maximum atomic E-state index is 12.0. The minimum absolute atomic E-state index is 0. The van der Waals surface area contributed by atoms with E-state index in [4.69, 9.17) is 11.6 Å². The van der Waals surface area contributed by atoms with Gasteiger partial charge in [-0.1, -0.05) is 6.20 Å². The third-order valence-electron chi connectivity index (χ3n) is 0.624. The van der Waals surface area contributed by atoms with Crippen LogP contribution < -0.4 is 17.0 Å². The molecule has 0 saturated heterocycles. The molecule has 0 aromatic carbocycles. The standard InChI is InChI=1S/C5H2ClFN.BrH.Zn/c6-4-1-5(7)3-8-2-4;;/h1-2H;1H;/q-1;;+2/p-1. The Morgan fingerprint density at radius 1 is 1.60 bits per heavy atom. The number of hydrogen-bond donors (Lipinski definition) is 0. The molecule has 0 aliphatic carbocycles. The number of hydrogen-bond acceptors (Lipinski definition) is 1. The Kier molecular flexibility index (Phi) is 8.12. The fourth-order valence-corrected chi connectivity index (χ4v) is 0.491. The second-order valence-corrected chi connectivity index (χ2v) is 1.68. The van der Waals surface area contributed by atoms with E-state index in [1.807, 2.05) is 0 Å². The molecule has 0 atom stereocenters. The van der Waals surface area contributed by atoms with Gasteiger partial charge in [0.25, 0.3) is 0 Å². The van der Waals surface area contributed by atoms with Crippen LogP contribution in [0.25, 0.3) is 0 Å². The van der Waals surface area contributed by atoms with E-state index in [2.05, 4.69) is 11.2 Å². The number of nitrogens with zero attached hydrogens (tertiary/aromatic N) is 1. The molecule has 1 nitrogen and oxygen atoms in total. The Labute approximate surface area is 86.5 Å². The average Bonchev–Trinajstić information content (AvgIpc) is 1.64. The zero-order chi connectivity index (χ0) is 5.98. The van der Waals surface area contributed by atoms with Crippen molar-refractivity contribution >= 4 is 11.6 Å². The summed E-state index contributed by atoms with van der Waals surface area (Å²) in [6.45, 7) is 0. The molecule has 0 spiro atoms. The molecule has 0 aliphatic heterocycles. The molecule has 0 unspecified atom stereocenters. The Hall–Kier alpha value is 0.473. The Morgan fingerprint density at radius 2 is 2.20 bits per heavy atom. The van der Waals surface area contributed by atoms with Crippen LogP contribution in [0.15, 0.2) is 12.3 Å². The first-order valence-electron chi connectivity index (χ1n) is 1.98. The van der Waals surface area contributed by atoms with Crippen LogP contribution in [0, 0.1) is 12.0 Å². The molecule has 0 aliphatic rings. The molecular formula is C5H2BrClFNZn. The van der Waals surface area contributed by atoms with Crippen LogP contribution in [0.5, 0.6) is 0 Å². The van der Waals surface area contributed by atoms with Crippen molar-refractivity contribution in [2.24, 2.45) is 0 Å². The van der Waals surface area contributed by atoms with Crippen LogP contribution in [0.3, 0.4) is 0 Å². The molecule has 0 N–H and O–H groups in total. The quantitative estimate of drug-likeness (QED) is 0.423. The smallest absolute Gasteiger partial charge is 1.00 e. The van der Waals surface area contributed by atoms with Gasteiger partial charge in [-0.05, 0) is 11.2 Å². The Balaban J connectivity index is 0. The van der Waals surface area contributed by atoms with E-state index in [-0.39, 0.29) is 36.5 Å². The second kappa shape index (κ2) is 6.20. The van der Waals surface area contributed by atoms with Gasteiger partial charge in [0, 0.05) is 5.82 Å². The first-order valence-corrected chi connectivity index (χ1v) is 2.35. The SMILES string of the molecule is Fc1[c-]ncc(Cl)c1.[Br-].[Zn+2]. The molecule has 0 bridgehead atoms. The van der Waals surface area contributed by atoms with Crippen molar-refractivity contribution in [2.75, 3.05) is 0 Å². The zero-order valence-corrected chi connectivity index (χ0v) is 10.3. The summed E-state index contributed by atoms with van der Waals surface area (Å²) < 4.78 is 12.0. The van der Waals surface area contributed by atoms with Crippen LogP contribution in [0.1, 0.15) is 0 Å². The summed E-state index contributed by atoms with van der Waals surface area (Å²) in [5.74, 6) is -0.530. The minimum atomic E-state index is -0.530. The second-order valence-electron chi connectivity index (χ2n) is 1.25. The molecule has 0 amide bonds. The third kappa shape index (κ3) is 4.31. The molecular weight excluding hydrogens is 274 g/mol. The third-order valence-corrected chi connectivity index (χ3v) is 0.831. The van der Waals surface area contributed by atoms with Crippen molar-refractivity contribution in [2.45, 2.75) is 0 Å². The summed E-state index contributed by atoms with van der Waals surface area (Å²) in [7, 11) is 0. The van der Waals surface area contributed by atoms with Gasteiger partial charge in [-0.25, -0.2) is 4.39 Å². The minimum Gasteiger partial charge on any atom is -1.00 e. The van der Waals surface area contributed by atoms with E-state index in [0.29, 0.717) is 5.02 Å². The predicted molar refractivity (Wildman–Crippen MR) is 28.0 cm³/mol. The van der Waals surface area contributed by atoms with Crippen molar-refractivity contribution in [3.63, 3.8) is 0 Å². The molecule has 0 fully saturated rings. The number of rotatable bonds is 0. The topological polar surface area (TPSA) is 12.9 Å². The van der Waals surface area contributed by atoms with Gasteiger partial charge in [-0.3, -0.25) is 0 Å². The summed E-state index contributed by atoms with van der Waals surface area (Å²) in [5.41, 5.74) is 0. The average molecular weight is 276 g/mol. The van der Waals surface area contributed by atoms with Gasteiger partial charge in [0.15, 0.2) is 0 Å². The van der Waals surface area contributed by atoms with Crippen molar-refractivity contribution in [1.29, 1.82) is 0 Å². The van der Waals surface area contributed by atoms with Crippen LogP contribution in [-0.4, -0.2) is 4.98 Å². The molecule has 1 aromatic heterocycles. The van der Waals surface area contributed by atoms with Gasteiger partial charge in [-0.2, -0.15) is 0 Å². The first-order chi connectivity index (χ1) is 3.79. The summed E-state index contributed by atoms with van der Waals surface area (Å²) in [5, 5.41) is 0.293. The monoisotopic (exact) mass is 273 g/mol. The summed E-state index contributed by atoms with van der Waals surface area (Å²) in [4.78, 5) is 3.35. The van der Waals surface area contributed by atoms with Crippen molar-refractivity contribution in [3.8, 4) is 0 Å². The molecule has 50 valence electrons. The fourth-order valence-electron chi connectivity index (χ4n) is 0.346. The number of halogens is 3. The molecule has 0 radical (unpaired) electrons. The fraction of sp³-hybridized carbons (Fsp3) is 0. The first kappa shape index (κ1) is 13.1. The van der Waals surface area contributed by atoms with Crippen LogP contribution >= 0.6 is 11.6 Å². The summed E-state index contributed by atoms with van der Waals surface area (Å²) in [6.07, 6.45) is 3.40. The van der Waals surface area contributed by atoms with Crippen LogP contribution in [0.4, 0.5) is 4.39 Å². The van der Waals surface area contributed by atoms with Gasteiger partial charge < -0.3 is 22.0 Å². The number of aromatic nitrogens is 1. The van der Waals surface area contributed by atoms with Crippen molar-refractivity contribution in [1.82, 2.24) is 4.98 Å². The van der Waals surface area contributed by atoms with Crippen molar-refractivity contribution in [3.05, 3.63) is 29.3 Å². The normalized spacial score (nSPS) is 7.40. The Bertz CT molecular complexity index is 182. The number of pyridine rings is 1. The summed E-state index contributed by atoms with van der Waals surface area (Å²) >= 11 is 5.32. The molecule has 1 heterocycles. The van der Waals surface area contributed by atoms with Gasteiger partial charge >= 0.3 is 19.5 Å². The Morgan fingerprint density at radius 3 is 2.50 bits per heavy atom. The van der Waals surface area contributed by atoms with Crippen LogP contribution in [-0.2, 0) is 19.5 Å². The van der Waals surface area contributed by atoms with Gasteiger partial charge in [0.2, 0.25) is 0 Å². The van der Waals surface area contributed by atoms with E-state index in [9.17, 15) is 4.39 Å². The van der Waals surface area contributed by atoms with Gasteiger partial charge in [-0.15, -0.1) is 17.7 Å². The van der Waals surface area contributed by atoms with E-state index >= 15 is 0 Å². The van der Waals surface area contributed by atoms with Gasteiger partial charge in [0.1, 0.15) is 0 Å². The van der Waals surface area contributed by atoms with E-state index in [1.165, 1.54) is 6.20 Å². The summed E-state index contributed by atoms with van der Waals surface area (Å²) in [6, 6.07) is 1.15. The van der Waals surface area contributed by atoms with Gasteiger partial charge in [0.05, 0.1) is 0 Å². The van der Waals surface area contributed by atoms with Crippen molar-refractivity contribution < 1.29 is 40.8 Å². The molecule has 0 saturated carbocycles. The zero-order valence-electron chi connectivity index (χ0n) is 4.94. The van der Waals surface area contributed by atoms with Crippen LogP contribution in [0.2, 0.25) is 5.02 Å². The molecule has 1 rings (SSSR count). The molecule has 5 heteroatoms. The molecule has 1 aromatic rings. The van der Waals surface area contributed by atoms with E-state index in [1.54, 1.807) is 0 Å².